The van der Waals surface area contributed by atoms with Crippen LogP contribution in [0, 0.1) is 6.92 Å². The number of thiazole rings is 1. The maximum atomic E-state index is 13.5. The SMILES string of the molecule is Cc1ccc(Cl)c2sc(N(CCCn3ccnc3)C(=O)c3cc(Cl)ccc3Cl)nc12.Cl. The summed E-state index contributed by atoms with van der Waals surface area (Å²) in [7, 11) is 0. The van der Waals surface area contributed by atoms with E-state index in [0.29, 0.717) is 38.7 Å². The van der Waals surface area contributed by atoms with Crippen LogP contribution in [-0.4, -0.2) is 27.0 Å². The molecule has 0 radical (unpaired) electrons. The van der Waals surface area contributed by atoms with Gasteiger partial charge in [0.1, 0.15) is 0 Å². The highest BCUT2D eigenvalue weighted by molar-refractivity contribution is 7.23. The Morgan fingerprint density at radius 2 is 1.94 bits per heavy atom. The summed E-state index contributed by atoms with van der Waals surface area (Å²) in [6.45, 7) is 3.15. The number of nitrogens with zero attached hydrogens (tertiary/aromatic N) is 4. The molecule has 0 fully saturated rings. The fourth-order valence-electron chi connectivity index (χ4n) is 3.13. The average molecular weight is 516 g/mol. The maximum Gasteiger partial charge on any atom is 0.261 e. The van der Waals surface area contributed by atoms with Crippen molar-refractivity contribution in [1.82, 2.24) is 14.5 Å². The number of anilines is 1. The zero-order valence-electron chi connectivity index (χ0n) is 16.4. The maximum absolute atomic E-state index is 13.5. The number of aromatic nitrogens is 3. The van der Waals surface area contributed by atoms with Crippen LogP contribution in [0.2, 0.25) is 15.1 Å². The minimum absolute atomic E-state index is 0. The summed E-state index contributed by atoms with van der Waals surface area (Å²) in [5.41, 5.74) is 2.14. The van der Waals surface area contributed by atoms with E-state index in [0.717, 1.165) is 22.3 Å². The lowest BCUT2D eigenvalue weighted by Gasteiger charge is -2.21. The monoisotopic (exact) mass is 514 g/mol. The zero-order chi connectivity index (χ0) is 21.3. The number of hydrogen-bond acceptors (Lipinski definition) is 4. The molecule has 10 heteroatoms. The van der Waals surface area contributed by atoms with Gasteiger partial charge in [-0.3, -0.25) is 9.69 Å². The number of carbonyl (C=O) groups is 1. The predicted molar refractivity (Wildman–Crippen MR) is 132 cm³/mol. The van der Waals surface area contributed by atoms with Crippen molar-refractivity contribution in [3.8, 4) is 0 Å². The highest BCUT2D eigenvalue weighted by Crippen LogP contribution is 2.36. The fraction of sp³-hybridized carbons (Fsp3) is 0.190. The summed E-state index contributed by atoms with van der Waals surface area (Å²) in [4.78, 5) is 23.9. The molecule has 0 aliphatic heterocycles. The highest BCUT2D eigenvalue weighted by Gasteiger charge is 2.24. The highest BCUT2D eigenvalue weighted by atomic mass is 35.5. The van der Waals surface area contributed by atoms with Crippen LogP contribution >= 0.6 is 58.5 Å². The number of imidazole rings is 1. The van der Waals surface area contributed by atoms with Crippen molar-refractivity contribution < 1.29 is 4.79 Å². The van der Waals surface area contributed by atoms with Gasteiger partial charge in [-0.15, -0.1) is 12.4 Å². The van der Waals surface area contributed by atoms with Crippen molar-refractivity contribution in [2.24, 2.45) is 0 Å². The minimum Gasteiger partial charge on any atom is -0.337 e. The molecule has 0 aliphatic rings. The molecular formula is C21H18Cl4N4OS. The van der Waals surface area contributed by atoms with E-state index in [9.17, 15) is 4.79 Å². The van der Waals surface area contributed by atoms with Gasteiger partial charge in [0.2, 0.25) is 0 Å². The average Bonchev–Trinajstić information content (AvgIpc) is 3.40. The second kappa shape index (κ2) is 10.2. The Bertz CT molecular complexity index is 1170. The molecule has 162 valence electrons. The van der Waals surface area contributed by atoms with Crippen LogP contribution in [0.1, 0.15) is 22.3 Å². The van der Waals surface area contributed by atoms with Crippen molar-refractivity contribution in [1.29, 1.82) is 0 Å². The van der Waals surface area contributed by atoms with E-state index in [2.05, 4.69) is 4.98 Å². The summed E-state index contributed by atoms with van der Waals surface area (Å²) in [5.74, 6) is -0.249. The van der Waals surface area contributed by atoms with E-state index in [1.807, 2.05) is 29.8 Å². The lowest BCUT2D eigenvalue weighted by molar-refractivity contribution is 0.0986. The van der Waals surface area contributed by atoms with Crippen molar-refractivity contribution >= 4 is 79.8 Å². The standard InChI is InChI=1S/C21H17Cl3N4OS.ClH/c1-13-3-5-17(24)19-18(13)26-21(30-19)28(9-2-8-27-10-7-25-12-27)20(29)15-11-14(22)4-6-16(15)23;/h3-7,10-12H,2,8-9H2,1H3;1H. The third-order valence-electron chi connectivity index (χ3n) is 4.68. The second-order valence-corrected chi connectivity index (χ2v) is 9.00. The Morgan fingerprint density at radius 1 is 1.16 bits per heavy atom. The molecule has 2 aromatic carbocycles. The quantitative estimate of drug-likeness (QED) is 0.280. The number of amides is 1. The predicted octanol–water partition coefficient (Wildman–Crippen LogP) is 6.92. The van der Waals surface area contributed by atoms with Gasteiger partial charge in [0.05, 0.1) is 32.2 Å². The molecule has 5 nitrogen and oxygen atoms in total. The second-order valence-electron chi connectivity index (χ2n) is 6.77. The number of benzene rings is 2. The van der Waals surface area contributed by atoms with Crippen molar-refractivity contribution in [3.63, 3.8) is 0 Å². The summed E-state index contributed by atoms with van der Waals surface area (Å²) >= 11 is 20.2. The van der Waals surface area contributed by atoms with E-state index in [4.69, 9.17) is 39.8 Å². The van der Waals surface area contributed by atoms with Crippen LogP contribution in [0.3, 0.4) is 0 Å². The van der Waals surface area contributed by atoms with Crippen molar-refractivity contribution in [2.45, 2.75) is 19.9 Å². The Balaban J connectivity index is 0.00000272. The van der Waals surface area contributed by atoms with Gasteiger partial charge in [-0.1, -0.05) is 52.2 Å². The molecule has 0 atom stereocenters. The molecule has 0 N–H and O–H groups in total. The van der Waals surface area contributed by atoms with Crippen molar-refractivity contribution in [2.75, 3.05) is 11.4 Å². The first-order chi connectivity index (χ1) is 14.4. The van der Waals surface area contributed by atoms with E-state index in [-0.39, 0.29) is 18.3 Å². The van der Waals surface area contributed by atoms with Crippen LogP contribution in [0.5, 0.6) is 0 Å². The molecule has 0 saturated carbocycles. The molecule has 0 spiro atoms. The number of hydrogen-bond donors (Lipinski definition) is 0. The van der Waals surface area contributed by atoms with Gasteiger partial charge in [0.25, 0.3) is 5.91 Å². The van der Waals surface area contributed by atoms with Crippen LogP contribution in [0.15, 0.2) is 49.1 Å². The Kier molecular flexibility index (Phi) is 7.83. The fourth-order valence-corrected chi connectivity index (χ4v) is 4.84. The molecule has 1 amide bonds. The normalized spacial score (nSPS) is 10.8. The van der Waals surface area contributed by atoms with E-state index in [1.165, 1.54) is 11.3 Å². The molecular weight excluding hydrogens is 498 g/mol. The van der Waals surface area contributed by atoms with Crippen LogP contribution in [0.25, 0.3) is 10.2 Å². The van der Waals surface area contributed by atoms with Gasteiger partial charge in [0.15, 0.2) is 5.13 Å². The van der Waals surface area contributed by atoms with Gasteiger partial charge in [-0.2, -0.15) is 0 Å². The van der Waals surface area contributed by atoms with Gasteiger partial charge in [-0.25, -0.2) is 9.97 Å². The number of halogens is 4. The van der Waals surface area contributed by atoms with Gasteiger partial charge in [0, 0.05) is 30.5 Å². The third kappa shape index (κ3) is 5.16. The number of fused-ring (bicyclic) bond motifs is 1. The van der Waals surface area contributed by atoms with Gasteiger partial charge in [-0.05, 0) is 43.2 Å². The number of aryl methyl sites for hydroxylation is 2. The molecule has 4 rings (SSSR count). The smallest absolute Gasteiger partial charge is 0.261 e. The summed E-state index contributed by atoms with van der Waals surface area (Å²) in [5, 5.41) is 1.99. The number of carbonyl (C=O) groups excluding carboxylic acids is 1. The van der Waals surface area contributed by atoms with Crippen LogP contribution in [0.4, 0.5) is 5.13 Å². The van der Waals surface area contributed by atoms with Crippen LogP contribution < -0.4 is 4.90 Å². The van der Waals surface area contributed by atoms with Gasteiger partial charge >= 0.3 is 0 Å². The van der Waals surface area contributed by atoms with Crippen LogP contribution in [-0.2, 0) is 6.54 Å². The minimum atomic E-state index is -0.249. The molecule has 2 heterocycles. The third-order valence-corrected chi connectivity index (χ3v) is 6.78. The first kappa shape index (κ1) is 23.8. The van der Waals surface area contributed by atoms with E-state index >= 15 is 0 Å². The van der Waals surface area contributed by atoms with E-state index in [1.54, 1.807) is 35.6 Å². The summed E-state index contributed by atoms with van der Waals surface area (Å²) < 4.78 is 2.82. The molecule has 0 bridgehead atoms. The Morgan fingerprint density at radius 3 is 2.65 bits per heavy atom. The molecule has 0 aliphatic carbocycles. The summed E-state index contributed by atoms with van der Waals surface area (Å²) in [6, 6.07) is 8.64. The van der Waals surface area contributed by atoms with Crippen molar-refractivity contribution in [3.05, 3.63) is 75.2 Å². The lowest BCUT2D eigenvalue weighted by Crippen LogP contribution is -2.32. The zero-order valence-corrected chi connectivity index (χ0v) is 20.3. The topological polar surface area (TPSA) is 51.0 Å². The number of rotatable bonds is 6. The molecule has 0 saturated heterocycles. The lowest BCUT2D eigenvalue weighted by atomic mass is 10.2. The first-order valence-corrected chi connectivity index (χ1v) is 11.2. The van der Waals surface area contributed by atoms with Gasteiger partial charge < -0.3 is 4.57 Å². The Labute approximate surface area is 205 Å². The largest absolute Gasteiger partial charge is 0.337 e. The molecule has 2 aromatic heterocycles. The molecule has 4 aromatic rings. The first-order valence-electron chi connectivity index (χ1n) is 9.22. The van der Waals surface area contributed by atoms with E-state index < -0.39 is 0 Å². The summed E-state index contributed by atoms with van der Waals surface area (Å²) in [6.07, 6.45) is 6.08. The molecule has 0 unspecified atom stereocenters. The molecule has 31 heavy (non-hydrogen) atoms. The Hall–Kier alpha value is -1.83.